The number of nitrogens with zero attached hydrogens (tertiary/aromatic N) is 1. The zero-order chi connectivity index (χ0) is 14.4. The molecule has 1 unspecified atom stereocenters. The highest BCUT2D eigenvalue weighted by Gasteiger charge is 2.25. The molecule has 1 aliphatic rings. The van der Waals surface area contributed by atoms with Gasteiger partial charge >= 0.3 is 0 Å². The van der Waals surface area contributed by atoms with Crippen molar-refractivity contribution in [3.63, 3.8) is 0 Å². The van der Waals surface area contributed by atoms with Gasteiger partial charge in [0.2, 0.25) is 5.91 Å². The zero-order valence-corrected chi connectivity index (χ0v) is 13.7. The number of aliphatic hydroxyl groups excluding tert-OH is 1. The van der Waals surface area contributed by atoms with E-state index in [1.807, 2.05) is 24.3 Å². The quantitative estimate of drug-likeness (QED) is 0.737. The molecule has 1 aromatic carbocycles. The number of rotatable bonds is 6. The van der Waals surface area contributed by atoms with Crippen molar-refractivity contribution in [3.8, 4) is 0 Å². The van der Waals surface area contributed by atoms with E-state index in [9.17, 15) is 4.79 Å². The van der Waals surface area contributed by atoms with Crippen molar-refractivity contribution in [3.05, 3.63) is 27.8 Å². The first-order valence-electron chi connectivity index (χ1n) is 7.10. The standard InChI is InChI=1S/C15H21IN2O2/c16-13-7-1-2-8-14(13)17-15(20)11-18-9-3-5-12(18)6-4-10-19/h1-2,7-8,12,19H,3-6,9-11H2,(H,17,20). The second-order valence-corrected chi connectivity index (χ2v) is 6.32. The molecule has 1 saturated heterocycles. The van der Waals surface area contributed by atoms with Gasteiger partial charge in [0.05, 0.1) is 12.2 Å². The van der Waals surface area contributed by atoms with Gasteiger partial charge in [-0.25, -0.2) is 0 Å². The van der Waals surface area contributed by atoms with E-state index in [1.165, 1.54) is 0 Å². The molecule has 2 N–H and O–H groups in total. The molecule has 0 aromatic heterocycles. The van der Waals surface area contributed by atoms with Gasteiger partial charge in [-0.05, 0) is 67.0 Å². The van der Waals surface area contributed by atoms with Gasteiger partial charge in [-0.3, -0.25) is 9.69 Å². The smallest absolute Gasteiger partial charge is 0.238 e. The number of likely N-dealkylation sites (tertiary alicyclic amines) is 1. The summed E-state index contributed by atoms with van der Waals surface area (Å²) in [7, 11) is 0. The highest BCUT2D eigenvalue weighted by molar-refractivity contribution is 14.1. The lowest BCUT2D eigenvalue weighted by atomic mass is 10.1. The molecule has 1 atom stereocenters. The number of hydrogen-bond donors (Lipinski definition) is 2. The summed E-state index contributed by atoms with van der Waals surface area (Å²) in [6.45, 7) is 1.66. The summed E-state index contributed by atoms with van der Waals surface area (Å²) in [5.74, 6) is 0.0463. The molecule has 0 aliphatic carbocycles. The molecule has 4 nitrogen and oxygen atoms in total. The number of amides is 1. The highest BCUT2D eigenvalue weighted by atomic mass is 127. The molecule has 1 aliphatic heterocycles. The summed E-state index contributed by atoms with van der Waals surface area (Å²) < 4.78 is 1.05. The number of halogens is 1. The number of aliphatic hydroxyl groups is 1. The Bertz CT molecular complexity index is 453. The highest BCUT2D eigenvalue weighted by Crippen LogP contribution is 2.21. The Morgan fingerprint density at radius 3 is 3.00 bits per heavy atom. The molecule has 1 aromatic rings. The molecule has 1 fully saturated rings. The van der Waals surface area contributed by atoms with Crippen LogP contribution in [0.2, 0.25) is 0 Å². The number of anilines is 1. The minimum Gasteiger partial charge on any atom is -0.396 e. The maximum atomic E-state index is 12.1. The number of benzene rings is 1. The lowest BCUT2D eigenvalue weighted by Gasteiger charge is -2.23. The maximum Gasteiger partial charge on any atom is 0.238 e. The van der Waals surface area contributed by atoms with Crippen molar-refractivity contribution in [2.24, 2.45) is 0 Å². The second-order valence-electron chi connectivity index (χ2n) is 5.16. The first-order chi connectivity index (χ1) is 9.70. The van der Waals surface area contributed by atoms with Crippen LogP contribution in [0.15, 0.2) is 24.3 Å². The summed E-state index contributed by atoms with van der Waals surface area (Å²) in [6, 6.07) is 8.24. The number of hydrogen-bond acceptors (Lipinski definition) is 3. The van der Waals surface area contributed by atoms with Crippen LogP contribution >= 0.6 is 22.6 Å². The van der Waals surface area contributed by atoms with Crippen LogP contribution in [0.4, 0.5) is 5.69 Å². The van der Waals surface area contributed by atoms with Crippen molar-refractivity contribution in [2.75, 3.05) is 25.0 Å². The molecule has 0 bridgehead atoms. The average Bonchev–Trinajstić information content (AvgIpc) is 2.86. The fraction of sp³-hybridized carbons (Fsp3) is 0.533. The summed E-state index contributed by atoms with van der Waals surface area (Å²) in [5.41, 5.74) is 0.879. The van der Waals surface area contributed by atoms with E-state index in [-0.39, 0.29) is 12.5 Å². The SMILES string of the molecule is O=C(CN1CCCC1CCCO)Nc1ccccc1I. The van der Waals surface area contributed by atoms with E-state index in [2.05, 4.69) is 32.8 Å². The van der Waals surface area contributed by atoms with Gasteiger partial charge in [-0.15, -0.1) is 0 Å². The fourth-order valence-electron chi connectivity index (χ4n) is 2.69. The molecule has 0 spiro atoms. The maximum absolute atomic E-state index is 12.1. The van der Waals surface area contributed by atoms with Crippen LogP contribution in [-0.4, -0.2) is 41.7 Å². The van der Waals surface area contributed by atoms with E-state index in [0.717, 1.165) is 41.5 Å². The second kappa shape index (κ2) is 7.95. The van der Waals surface area contributed by atoms with Crippen molar-refractivity contribution >= 4 is 34.2 Å². The van der Waals surface area contributed by atoms with Gasteiger partial charge in [-0.2, -0.15) is 0 Å². The first-order valence-corrected chi connectivity index (χ1v) is 8.18. The summed E-state index contributed by atoms with van der Waals surface area (Å²) in [4.78, 5) is 14.4. The van der Waals surface area contributed by atoms with E-state index in [0.29, 0.717) is 12.6 Å². The summed E-state index contributed by atoms with van der Waals surface area (Å²) >= 11 is 2.22. The van der Waals surface area contributed by atoms with Gasteiger partial charge in [-0.1, -0.05) is 12.1 Å². The third-order valence-corrected chi connectivity index (χ3v) is 4.63. The minimum absolute atomic E-state index is 0.0463. The third-order valence-electron chi connectivity index (χ3n) is 3.69. The largest absolute Gasteiger partial charge is 0.396 e. The lowest BCUT2D eigenvalue weighted by Crippen LogP contribution is -2.37. The van der Waals surface area contributed by atoms with E-state index in [4.69, 9.17) is 5.11 Å². The van der Waals surface area contributed by atoms with E-state index >= 15 is 0 Å². The number of carbonyl (C=O) groups is 1. The molecular formula is C15H21IN2O2. The molecule has 1 heterocycles. The Labute approximate surface area is 133 Å². The van der Waals surface area contributed by atoms with Gasteiger partial charge in [0.1, 0.15) is 0 Å². The molecule has 0 saturated carbocycles. The lowest BCUT2D eigenvalue weighted by molar-refractivity contribution is -0.117. The topological polar surface area (TPSA) is 52.6 Å². The third kappa shape index (κ3) is 4.43. The molecule has 0 radical (unpaired) electrons. The number of nitrogens with one attached hydrogen (secondary N) is 1. The Morgan fingerprint density at radius 1 is 1.45 bits per heavy atom. The average molecular weight is 388 g/mol. The van der Waals surface area contributed by atoms with Gasteiger partial charge in [0, 0.05) is 16.2 Å². The van der Waals surface area contributed by atoms with Gasteiger partial charge < -0.3 is 10.4 Å². The van der Waals surface area contributed by atoms with Crippen LogP contribution in [0, 0.1) is 3.57 Å². The van der Waals surface area contributed by atoms with Crippen molar-refractivity contribution in [1.82, 2.24) is 4.90 Å². The Kier molecular flexibility index (Phi) is 6.25. The number of para-hydroxylation sites is 1. The van der Waals surface area contributed by atoms with Crippen LogP contribution in [0.25, 0.3) is 0 Å². The normalized spacial score (nSPS) is 19.2. The van der Waals surface area contributed by atoms with Crippen LogP contribution in [0.3, 0.4) is 0 Å². The van der Waals surface area contributed by atoms with Gasteiger partial charge in [0.25, 0.3) is 0 Å². The molecule has 110 valence electrons. The zero-order valence-electron chi connectivity index (χ0n) is 11.5. The van der Waals surface area contributed by atoms with Crippen molar-refractivity contribution in [1.29, 1.82) is 0 Å². The number of carbonyl (C=O) groups excluding carboxylic acids is 1. The molecule has 1 amide bonds. The Hall–Kier alpha value is -0.660. The monoisotopic (exact) mass is 388 g/mol. The minimum atomic E-state index is 0.0463. The van der Waals surface area contributed by atoms with Crippen LogP contribution in [0.1, 0.15) is 25.7 Å². The summed E-state index contributed by atoms with van der Waals surface area (Å²) in [5, 5.41) is 11.9. The van der Waals surface area contributed by atoms with E-state index in [1.54, 1.807) is 0 Å². The van der Waals surface area contributed by atoms with Crippen LogP contribution < -0.4 is 5.32 Å². The molecular weight excluding hydrogens is 367 g/mol. The summed E-state index contributed by atoms with van der Waals surface area (Å²) in [6.07, 6.45) is 4.08. The fourth-order valence-corrected chi connectivity index (χ4v) is 3.22. The molecule has 20 heavy (non-hydrogen) atoms. The van der Waals surface area contributed by atoms with Crippen molar-refractivity contribution < 1.29 is 9.90 Å². The van der Waals surface area contributed by atoms with Crippen molar-refractivity contribution in [2.45, 2.75) is 31.7 Å². The molecule has 2 rings (SSSR count). The Morgan fingerprint density at radius 2 is 2.25 bits per heavy atom. The predicted molar refractivity (Wildman–Crippen MR) is 88.7 cm³/mol. The molecule has 5 heteroatoms. The predicted octanol–water partition coefficient (Wildman–Crippen LogP) is 2.47. The van der Waals surface area contributed by atoms with E-state index < -0.39 is 0 Å². The van der Waals surface area contributed by atoms with Crippen LogP contribution in [-0.2, 0) is 4.79 Å². The van der Waals surface area contributed by atoms with Crippen LogP contribution in [0.5, 0.6) is 0 Å². The Balaban J connectivity index is 1.86. The first kappa shape index (κ1) is 15.7. The van der Waals surface area contributed by atoms with Gasteiger partial charge in [0.15, 0.2) is 0 Å².